The Labute approximate surface area is 134 Å². The summed E-state index contributed by atoms with van der Waals surface area (Å²) < 4.78 is 5.08. The first-order valence-electron chi connectivity index (χ1n) is 7.35. The van der Waals surface area contributed by atoms with Crippen LogP contribution >= 0.6 is 0 Å². The number of carbonyl (C=O) groups is 2. The summed E-state index contributed by atoms with van der Waals surface area (Å²) in [4.78, 5) is 31.5. The van der Waals surface area contributed by atoms with Crippen molar-refractivity contribution in [1.29, 1.82) is 0 Å². The number of carbonyl (C=O) groups excluding carboxylic acids is 2. The van der Waals surface area contributed by atoms with Crippen molar-refractivity contribution in [3.63, 3.8) is 0 Å². The molecule has 1 N–H and O–H groups in total. The lowest BCUT2D eigenvalue weighted by Crippen LogP contribution is -2.30. The molecular weight excluding hydrogens is 294 g/mol. The summed E-state index contributed by atoms with van der Waals surface area (Å²) >= 11 is 0. The average molecular weight is 313 g/mol. The molecule has 1 aromatic carbocycles. The molecule has 0 unspecified atom stereocenters. The standard InChI is InChI=1S/C17H19N3O3/c1-11(2)13-4-6-14(7-5-13)20-16(21)12(3)23-17(22)15-10-18-8-9-19-15/h4-12H,1-3H3,(H,20,21)/t12-/m1/s1. The Morgan fingerprint density at radius 2 is 1.78 bits per heavy atom. The number of ether oxygens (including phenoxy) is 1. The third kappa shape index (κ3) is 4.60. The number of hydrogen-bond donors (Lipinski definition) is 1. The number of amides is 1. The largest absolute Gasteiger partial charge is 0.448 e. The van der Waals surface area contributed by atoms with Crippen molar-refractivity contribution >= 4 is 17.6 Å². The monoisotopic (exact) mass is 313 g/mol. The molecule has 0 aliphatic heterocycles. The maximum absolute atomic E-state index is 12.1. The molecule has 6 nitrogen and oxygen atoms in total. The molecule has 1 amide bonds. The van der Waals surface area contributed by atoms with Gasteiger partial charge in [-0.05, 0) is 30.5 Å². The molecule has 0 radical (unpaired) electrons. The zero-order valence-corrected chi connectivity index (χ0v) is 13.3. The lowest BCUT2D eigenvalue weighted by Gasteiger charge is -2.13. The molecule has 0 bridgehead atoms. The van der Waals surface area contributed by atoms with E-state index in [1.807, 2.05) is 24.3 Å². The highest BCUT2D eigenvalue weighted by Crippen LogP contribution is 2.17. The van der Waals surface area contributed by atoms with Crippen LogP contribution in [0.1, 0.15) is 42.7 Å². The minimum absolute atomic E-state index is 0.0634. The molecule has 1 heterocycles. The van der Waals surface area contributed by atoms with Gasteiger partial charge >= 0.3 is 5.97 Å². The Balaban J connectivity index is 1.93. The number of aromatic nitrogens is 2. The number of rotatable bonds is 5. The van der Waals surface area contributed by atoms with Crippen LogP contribution in [0.15, 0.2) is 42.9 Å². The van der Waals surface area contributed by atoms with Crippen molar-refractivity contribution in [3.8, 4) is 0 Å². The summed E-state index contributed by atoms with van der Waals surface area (Å²) in [6.07, 6.45) is 3.19. The molecule has 2 aromatic rings. The Hall–Kier alpha value is -2.76. The third-order valence-electron chi connectivity index (χ3n) is 3.27. The highest BCUT2D eigenvalue weighted by molar-refractivity contribution is 5.96. The van der Waals surface area contributed by atoms with E-state index in [0.717, 1.165) is 0 Å². The molecular formula is C17H19N3O3. The summed E-state index contributed by atoms with van der Waals surface area (Å²) in [6.45, 7) is 5.70. The summed E-state index contributed by atoms with van der Waals surface area (Å²) in [6, 6.07) is 7.56. The molecule has 23 heavy (non-hydrogen) atoms. The zero-order valence-electron chi connectivity index (χ0n) is 13.3. The van der Waals surface area contributed by atoms with Crippen molar-refractivity contribution < 1.29 is 14.3 Å². The SMILES string of the molecule is CC(C)c1ccc(NC(=O)[C@@H](C)OC(=O)c2cnccn2)cc1. The van der Waals surface area contributed by atoms with Crippen LogP contribution in [0.4, 0.5) is 5.69 Å². The highest BCUT2D eigenvalue weighted by Gasteiger charge is 2.19. The van der Waals surface area contributed by atoms with Crippen molar-refractivity contribution in [2.24, 2.45) is 0 Å². The number of hydrogen-bond acceptors (Lipinski definition) is 5. The first-order chi connectivity index (χ1) is 11.0. The number of nitrogens with one attached hydrogen (secondary N) is 1. The van der Waals surface area contributed by atoms with E-state index in [-0.39, 0.29) is 5.69 Å². The van der Waals surface area contributed by atoms with Gasteiger partial charge in [-0.15, -0.1) is 0 Å². The molecule has 0 saturated carbocycles. The lowest BCUT2D eigenvalue weighted by atomic mass is 10.0. The molecule has 2 rings (SSSR count). The van der Waals surface area contributed by atoms with Gasteiger partial charge in [-0.1, -0.05) is 26.0 Å². The fraction of sp³-hybridized carbons (Fsp3) is 0.294. The van der Waals surface area contributed by atoms with Crippen LogP contribution in [0.3, 0.4) is 0 Å². The topological polar surface area (TPSA) is 81.2 Å². The molecule has 0 fully saturated rings. The molecule has 1 aromatic heterocycles. The van der Waals surface area contributed by atoms with Crippen molar-refractivity contribution in [3.05, 3.63) is 54.1 Å². The van der Waals surface area contributed by atoms with Crippen molar-refractivity contribution in [2.75, 3.05) is 5.32 Å². The van der Waals surface area contributed by atoms with Gasteiger partial charge in [0, 0.05) is 18.1 Å². The first kappa shape index (κ1) is 16.6. The summed E-state index contributed by atoms with van der Waals surface area (Å²) in [7, 11) is 0. The van der Waals surface area contributed by atoms with Gasteiger partial charge in [-0.3, -0.25) is 9.78 Å². The van der Waals surface area contributed by atoms with E-state index >= 15 is 0 Å². The number of esters is 1. The van der Waals surface area contributed by atoms with Crippen LogP contribution in [-0.4, -0.2) is 27.9 Å². The molecule has 6 heteroatoms. The van der Waals surface area contributed by atoms with Gasteiger partial charge in [-0.25, -0.2) is 9.78 Å². The minimum atomic E-state index is -0.936. The molecule has 1 atom stereocenters. The zero-order chi connectivity index (χ0) is 16.8. The number of benzene rings is 1. The van der Waals surface area contributed by atoms with Gasteiger partial charge in [0.05, 0.1) is 6.20 Å². The molecule has 120 valence electrons. The van der Waals surface area contributed by atoms with Crippen LogP contribution in [-0.2, 0) is 9.53 Å². The highest BCUT2D eigenvalue weighted by atomic mass is 16.5. The van der Waals surface area contributed by atoms with Crippen LogP contribution in [0.5, 0.6) is 0 Å². The van der Waals surface area contributed by atoms with Crippen LogP contribution < -0.4 is 5.32 Å². The molecule has 0 aliphatic carbocycles. The van der Waals surface area contributed by atoms with Crippen molar-refractivity contribution in [2.45, 2.75) is 32.8 Å². The van der Waals surface area contributed by atoms with Crippen LogP contribution in [0, 0.1) is 0 Å². The van der Waals surface area contributed by atoms with Crippen LogP contribution in [0.2, 0.25) is 0 Å². The normalized spacial score (nSPS) is 11.8. The van der Waals surface area contributed by atoms with Crippen LogP contribution in [0.25, 0.3) is 0 Å². The fourth-order valence-electron chi connectivity index (χ4n) is 1.87. The maximum atomic E-state index is 12.1. The van der Waals surface area contributed by atoms with Gasteiger partial charge in [0.25, 0.3) is 5.91 Å². The van der Waals surface area contributed by atoms with Gasteiger partial charge in [-0.2, -0.15) is 0 Å². The molecule has 0 saturated heterocycles. The minimum Gasteiger partial charge on any atom is -0.448 e. The maximum Gasteiger partial charge on any atom is 0.359 e. The van der Waals surface area contributed by atoms with E-state index in [2.05, 4.69) is 29.1 Å². The Kier molecular flexibility index (Phi) is 5.41. The van der Waals surface area contributed by atoms with E-state index < -0.39 is 18.0 Å². The van der Waals surface area contributed by atoms with Gasteiger partial charge < -0.3 is 10.1 Å². The van der Waals surface area contributed by atoms with Gasteiger partial charge in [0.2, 0.25) is 0 Å². The number of nitrogens with zero attached hydrogens (tertiary/aromatic N) is 2. The van der Waals surface area contributed by atoms with E-state index in [1.165, 1.54) is 31.1 Å². The quantitative estimate of drug-likeness (QED) is 0.858. The average Bonchev–Trinajstić information content (AvgIpc) is 2.56. The van der Waals surface area contributed by atoms with Gasteiger partial charge in [0.15, 0.2) is 11.8 Å². The predicted molar refractivity (Wildman–Crippen MR) is 86.1 cm³/mol. The van der Waals surface area contributed by atoms with E-state index in [1.54, 1.807) is 0 Å². The van der Waals surface area contributed by atoms with Crippen molar-refractivity contribution in [1.82, 2.24) is 9.97 Å². The fourth-order valence-corrected chi connectivity index (χ4v) is 1.87. The lowest BCUT2D eigenvalue weighted by molar-refractivity contribution is -0.123. The van der Waals surface area contributed by atoms with E-state index in [0.29, 0.717) is 11.6 Å². The van der Waals surface area contributed by atoms with Gasteiger partial charge in [0.1, 0.15) is 0 Å². The predicted octanol–water partition coefficient (Wildman–Crippen LogP) is 2.78. The van der Waals surface area contributed by atoms with E-state index in [9.17, 15) is 9.59 Å². The Morgan fingerprint density at radius 1 is 1.09 bits per heavy atom. The summed E-state index contributed by atoms with van der Waals surface area (Å²) in [5.41, 5.74) is 1.90. The second kappa shape index (κ2) is 7.49. The smallest absolute Gasteiger partial charge is 0.359 e. The van der Waals surface area contributed by atoms with E-state index in [4.69, 9.17) is 4.74 Å². The number of anilines is 1. The molecule has 0 spiro atoms. The Morgan fingerprint density at radius 3 is 2.35 bits per heavy atom. The summed E-state index contributed by atoms with van der Waals surface area (Å²) in [5.74, 6) is -0.665. The third-order valence-corrected chi connectivity index (χ3v) is 3.27. The second-order valence-electron chi connectivity index (χ2n) is 5.40. The Bertz CT molecular complexity index is 669. The molecule has 0 aliphatic rings. The second-order valence-corrected chi connectivity index (χ2v) is 5.40. The first-order valence-corrected chi connectivity index (χ1v) is 7.35. The summed E-state index contributed by atoms with van der Waals surface area (Å²) in [5, 5.41) is 2.71.